The van der Waals surface area contributed by atoms with Gasteiger partial charge in [-0.2, -0.15) is 0 Å². The van der Waals surface area contributed by atoms with Crippen molar-refractivity contribution in [2.45, 2.75) is 72.6 Å². The predicted molar refractivity (Wildman–Crippen MR) is 135 cm³/mol. The number of rotatable bonds is 11. The second-order valence-electron chi connectivity index (χ2n) is 8.76. The van der Waals surface area contributed by atoms with Crippen molar-refractivity contribution in [2.75, 3.05) is 0 Å². The zero-order valence-electron chi connectivity index (χ0n) is 20.9. The number of imidazole rings is 1. The molecule has 10 heteroatoms. The highest BCUT2D eigenvalue weighted by atomic mass is 16.5. The fourth-order valence-corrected chi connectivity index (χ4v) is 4.02. The van der Waals surface area contributed by atoms with Crippen molar-refractivity contribution in [1.29, 1.82) is 0 Å². The van der Waals surface area contributed by atoms with E-state index in [-0.39, 0.29) is 13.0 Å². The minimum Gasteiger partial charge on any atom is -0.457 e. The van der Waals surface area contributed by atoms with Crippen molar-refractivity contribution < 1.29 is 13.9 Å². The Hall–Kier alpha value is -3.95. The van der Waals surface area contributed by atoms with E-state index in [9.17, 15) is 14.4 Å². The van der Waals surface area contributed by atoms with Gasteiger partial charge < -0.3 is 13.7 Å². The van der Waals surface area contributed by atoms with Gasteiger partial charge in [-0.25, -0.2) is 14.8 Å². The quantitative estimate of drug-likeness (QED) is 0.316. The maximum atomic E-state index is 12.6. The van der Waals surface area contributed by atoms with Crippen molar-refractivity contribution in [3.05, 3.63) is 68.6 Å². The normalized spacial score (nSPS) is 11.3. The Bertz CT molecular complexity index is 1460. The summed E-state index contributed by atoms with van der Waals surface area (Å²) >= 11 is 0. The number of aromatic nitrogens is 5. The highest BCUT2D eigenvalue weighted by Crippen LogP contribution is 2.21. The van der Waals surface area contributed by atoms with Crippen molar-refractivity contribution in [3.8, 4) is 11.3 Å². The Labute approximate surface area is 208 Å². The number of carbonyl (C=O) groups is 1. The molecule has 0 saturated carbocycles. The average Bonchev–Trinajstić information content (AvgIpc) is 3.47. The van der Waals surface area contributed by atoms with Gasteiger partial charge in [0.05, 0.1) is 12.6 Å². The van der Waals surface area contributed by atoms with E-state index in [1.54, 1.807) is 10.8 Å². The molecule has 0 atom stereocenters. The molecule has 0 aliphatic heterocycles. The van der Waals surface area contributed by atoms with Crippen LogP contribution in [0.4, 0.5) is 0 Å². The number of H-pyrrole nitrogens is 1. The first-order chi connectivity index (χ1) is 17.4. The van der Waals surface area contributed by atoms with E-state index in [0.29, 0.717) is 48.1 Å². The highest BCUT2D eigenvalue weighted by molar-refractivity contribution is 5.72. The van der Waals surface area contributed by atoms with E-state index >= 15 is 0 Å². The topological polar surface area (TPSA) is 125 Å². The van der Waals surface area contributed by atoms with Crippen LogP contribution in [0.1, 0.15) is 56.8 Å². The smallest absolute Gasteiger partial charge is 0.330 e. The second kappa shape index (κ2) is 11.2. The second-order valence-corrected chi connectivity index (χ2v) is 8.76. The summed E-state index contributed by atoms with van der Waals surface area (Å²) < 4.78 is 14.5. The largest absolute Gasteiger partial charge is 0.457 e. The number of nitrogens with zero attached hydrogens (tertiary/aromatic N) is 4. The van der Waals surface area contributed by atoms with Gasteiger partial charge in [-0.15, -0.1) is 0 Å². The maximum Gasteiger partial charge on any atom is 0.330 e. The molecule has 3 heterocycles. The molecule has 4 aromatic rings. The third-order valence-electron chi connectivity index (χ3n) is 5.94. The number of aryl methyl sites for hydroxylation is 4. The fraction of sp³-hybridized carbons (Fsp3) is 0.423. The average molecular weight is 494 g/mol. The molecular weight excluding hydrogens is 462 g/mol. The van der Waals surface area contributed by atoms with Crippen LogP contribution in [0.25, 0.3) is 22.5 Å². The van der Waals surface area contributed by atoms with Crippen LogP contribution >= 0.6 is 0 Å². The molecule has 0 amide bonds. The van der Waals surface area contributed by atoms with Gasteiger partial charge in [-0.05, 0) is 19.8 Å². The molecule has 0 fully saturated rings. The van der Waals surface area contributed by atoms with Crippen molar-refractivity contribution in [2.24, 2.45) is 0 Å². The molecule has 10 nitrogen and oxygen atoms in total. The van der Waals surface area contributed by atoms with Crippen LogP contribution in [0.15, 0.2) is 44.5 Å². The number of hydrogen-bond donors (Lipinski definition) is 1. The number of carbonyl (C=O) groups excluding carboxylic acids is 1. The molecule has 190 valence electrons. The number of fused-ring (bicyclic) bond motifs is 1. The van der Waals surface area contributed by atoms with Crippen molar-refractivity contribution in [3.63, 3.8) is 0 Å². The van der Waals surface area contributed by atoms with Gasteiger partial charge in [0.2, 0.25) is 0 Å². The molecular formula is C26H31N5O5. The molecule has 0 unspecified atom stereocenters. The number of benzene rings is 1. The zero-order valence-corrected chi connectivity index (χ0v) is 20.9. The van der Waals surface area contributed by atoms with Gasteiger partial charge in [-0.1, -0.05) is 50.1 Å². The Morgan fingerprint density at radius 1 is 1.08 bits per heavy atom. The molecule has 0 spiro atoms. The van der Waals surface area contributed by atoms with Gasteiger partial charge in [-0.3, -0.25) is 19.1 Å². The Morgan fingerprint density at radius 3 is 2.58 bits per heavy atom. The van der Waals surface area contributed by atoms with E-state index in [2.05, 4.69) is 15.0 Å². The molecule has 36 heavy (non-hydrogen) atoms. The van der Waals surface area contributed by atoms with Gasteiger partial charge >= 0.3 is 11.7 Å². The minimum absolute atomic E-state index is 0.0870. The summed E-state index contributed by atoms with van der Waals surface area (Å²) in [5, 5.41) is 0. The first-order valence-corrected chi connectivity index (χ1v) is 12.3. The summed E-state index contributed by atoms with van der Waals surface area (Å²) in [6.07, 6.45) is 4.44. The van der Waals surface area contributed by atoms with Crippen LogP contribution < -0.4 is 11.2 Å². The van der Waals surface area contributed by atoms with Crippen LogP contribution in [-0.2, 0) is 35.6 Å². The van der Waals surface area contributed by atoms with Gasteiger partial charge in [0.1, 0.15) is 12.4 Å². The van der Waals surface area contributed by atoms with Crippen LogP contribution in [0.3, 0.4) is 0 Å². The summed E-state index contributed by atoms with van der Waals surface area (Å²) in [4.78, 5) is 48.6. The molecule has 0 bridgehead atoms. The van der Waals surface area contributed by atoms with E-state index in [0.717, 1.165) is 30.4 Å². The van der Waals surface area contributed by atoms with Gasteiger partial charge in [0.25, 0.3) is 5.56 Å². The van der Waals surface area contributed by atoms with Crippen molar-refractivity contribution in [1.82, 2.24) is 24.1 Å². The number of hydrogen-bond acceptors (Lipinski definition) is 7. The Kier molecular flexibility index (Phi) is 7.82. The first kappa shape index (κ1) is 25.2. The SMILES string of the molecule is CCCCn1c(=O)[nH]c(=O)c2c1nc(COC(=O)CCc1ncc(-c3ccc(C)cc3)o1)n2CCC. The number of nitrogens with one attached hydrogen (secondary N) is 1. The highest BCUT2D eigenvalue weighted by Gasteiger charge is 2.19. The lowest BCUT2D eigenvalue weighted by Crippen LogP contribution is -2.31. The molecule has 0 aliphatic rings. The third kappa shape index (κ3) is 5.48. The van der Waals surface area contributed by atoms with Crippen LogP contribution in [0, 0.1) is 6.92 Å². The van der Waals surface area contributed by atoms with Crippen LogP contribution in [0.2, 0.25) is 0 Å². The number of ether oxygens (including phenoxy) is 1. The molecule has 3 aromatic heterocycles. The lowest BCUT2D eigenvalue weighted by molar-refractivity contribution is -0.145. The Morgan fingerprint density at radius 2 is 1.86 bits per heavy atom. The fourth-order valence-electron chi connectivity index (χ4n) is 4.02. The predicted octanol–water partition coefficient (Wildman–Crippen LogP) is 3.74. The van der Waals surface area contributed by atoms with Crippen LogP contribution in [0.5, 0.6) is 0 Å². The molecule has 4 rings (SSSR count). The van der Waals surface area contributed by atoms with E-state index < -0.39 is 17.2 Å². The number of esters is 1. The zero-order chi connectivity index (χ0) is 25.7. The van der Waals surface area contributed by atoms with E-state index in [4.69, 9.17) is 9.15 Å². The number of unbranched alkanes of at least 4 members (excludes halogenated alkanes) is 1. The lowest BCUT2D eigenvalue weighted by Gasteiger charge is -2.08. The molecule has 0 aliphatic carbocycles. The van der Waals surface area contributed by atoms with E-state index in [1.807, 2.05) is 45.0 Å². The summed E-state index contributed by atoms with van der Waals surface area (Å²) in [7, 11) is 0. The van der Waals surface area contributed by atoms with E-state index in [1.165, 1.54) is 4.57 Å². The lowest BCUT2D eigenvalue weighted by atomic mass is 10.1. The van der Waals surface area contributed by atoms with Crippen molar-refractivity contribution >= 4 is 17.1 Å². The molecule has 1 aromatic carbocycles. The van der Waals surface area contributed by atoms with Gasteiger partial charge in [0, 0.05) is 25.1 Å². The summed E-state index contributed by atoms with van der Waals surface area (Å²) in [5.41, 5.74) is 1.74. The summed E-state index contributed by atoms with van der Waals surface area (Å²) in [6.45, 7) is 6.87. The van der Waals surface area contributed by atoms with Gasteiger partial charge in [0.15, 0.2) is 22.8 Å². The summed E-state index contributed by atoms with van der Waals surface area (Å²) in [6, 6.07) is 7.92. The summed E-state index contributed by atoms with van der Waals surface area (Å²) in [5.74, 6) is 1.09. The maximum absolute atomic E-state index is 12.6. The monoisotopic (exact) mass is 493 g/mol. The number of oxazole rings is 1. The molecule has 1 N–H and O–H groups in total. The Balaban J connectivity index is 1.45. The molecule has 0 saturated heterocycles. The molecule has 0 radical (unpaired) electrons. The number of aromatic amines is 1. The standard InChI is InChI=1S/C26H31N5O5/c1-4-6-14-31-24-23(25(33)29-26(31)34)30(13-5-2)20(28-24)16-35-22(32)12-11-21-27-15-19(36-21)18-9-7-17(3)8-10-18/h7-10,15H,4-6,11-14,16H2,1-3H3,(H,29,33,34). The van der Waals surface area contributed by atoms with Crippen LogP contribution in [-0.4, -0.2) is 30.1 Å². The first-order valence-electron chi connectivity index (χ1n) is 12.3. The third-order valence-corrected chi connectivity index (χ3v) is 5.94. The minimum atomic E-state index is -0.491.